The Kier molecular flexibility index (Phi) is 6.11. The second-order valence-electron chi connectivity index (χ2n) is 9.94. The number of ether oxygens (including phenoxy) is 1. The molecule has 0 amide bonds. The van der Waals surface area contributed by atoms with Crippen LogP contribution in [0.15, 0.2) is 48.1 Å². The van der Waals surface area contributed by atoms with Crippen LogP contribution in [-0.2, 0) is 11.2 Å². The number of benzene rings is 1. The number of nitrogens with zero attached hydrogens (tertiary/aromatic N) is 3. The van der Waals surface area contributed by atoms with Gasteiger partial charge < -0.3 is 14.2 Å². The zero-order valence-corrected chi connectivity index (χ0v) is 19.5. The standard InChI is InChI=1S/C28H35N3O/c1-20-9-3-4-10-22(20)17-30(19-29)16-15-25-24-12-6-8-14-27(24)31-26-13-7-5-11-23(26)18-32-21(2)28(25)31/h5-8,11-12,14,20-22,26H,3-4,9-10,13,15-18H2,1-2H3. The van der Waals surface area contributed by atoms with Gasteiger partial charge in [-0.25, -0.2) is 0 Å². The van der Waals surface area contributed by atoms with Gasteiger partial charge in [0.1, 0.15) is 0 Å². The SMILES string of the molecule is CC1OCC2=CC=CCC2n2c1c(CCN(C#N)CC1CCCCC1C)c1ccccc12. The molecule has 0 radical (unpaired) electrons. The summed E-state index contributed by atoms with van der Waals surface area (Å²) in [5, 5.41) is 11.2. The van der Waals surface area contributed by atoms with Crippen LogP contribution in [0, 0.1) is 23.3 Å². The third-order valence-corrected chi connectivity index (χ3v) is 8.01. The number of para-hydroxylation sites is 1. The van der Waals surface area contributed by atoms with Crippen LogP contribution in [0.1, 0.15) is 69.4 Å². The van der Waals surface area contributed by atoms with E-state index in [1.807, 2.05) is 4.90 Å². The molecule has 2 aromatic rings. The van der Waals surface area contributed by atoms with Crippen LogP contribution in [0.4, 0.5) is 0 Å². The zero-order chi connectivity index (χ0) is 22.1. The van der Waals surface area contributed by atoms with E-state index in [9.17, 15) is 5.26 Å². The summed E-state index contributed by atoms with van der Waals surface area (Å²) >= 11 is 0. The second-order valence-corrected chi connectivity index (χ2v) is 9.94. The first kappa shape index (κ1) is 21.3. The molecule has 1 saturated carbocycles. The molecule has 168 valence electrons. The highest BCUT2D eigenvalue weighted by Crippen LogP contribution is 2.42. The van der Waals surface area contributed by atoms with Crippen molar-refractivity contribution in [2.75, 3.05) is 19.7 Å². The summed E-state index contributed by atoms with van der Waals surface area (Å²) < 4.78 is 8.88. The molecule has 32 heavy (non-hydrogen) atoms. The molecule has 1 aromatic carbocycles. The lowest BCUT2D eigenvalue weighted by Gasteiger charge is -2.31. The summed E-state index contributed by atoms with van der Waals surface area (Å²) in [4.78, 5) is 2.02. The van der Waals surface area contributed by atoms with Gasteiger partial charge in [-0.1, -0.05) is 62.6 Å². The number of allylic oxidation sites excluding steroid dienone is 3. The highest BCUT2D eigenvalue weighted by atomic mass is 16.5. The zero-order valence-electron chi connectivity index (χ0n) is 19.5. The van der Waals surface area contributed by atoms with Crippen LogP contribution in [0.5, 0.6) is 0 Å². The molecule has 4 nitrogen and oxygen atoms in total. The largest absolute Gasteiger partial charge is 0.368 e. The molecule has 0 saturated heterocycles. The van der Waals surface area contributed by atoms with E-state index < -0.39 is 0 Å². The van der Waals surface area contributed by atoms with Gasteiger partial charge in [0.15, 0.2) is 6.19 Å². The lowest BCUT2D eigenvalue weighted by atomic mass is 9.80. The Balaban J connectivity index is 1.46. The maximum atomic E-state index is 9.91. The molecule has 1 aliphatic heterocycles. The number of nitriles is 1. The Morgan fingerprint density at radius 3 is 2.88 bits per heavy atom. The first-order valence-corrected chi connectivity index (χ1v) is 12.4. The second kappa shape index (κ2) is 9.16. The number of aromatic nitrogens is 1. The Morgan fingerprint density at radius 1 is 1.19 bits per heavy atom. The number of hydrogen-bond acceptors (Lipinski definition) is 3. The van der Waals surface area contributed by atoms with Crippen molar-refractivity contribution >= 4 is 10.9 Å². The van der Waals surface area contributed by atoms with Crippen molar-refractivity contribution in [2.45, 2.75) is 64.5 Å². The maximum Gasteiger partial charge on any atom is 0.179 e. The van der Waals surface area contributed by atoms with Gasteiger partial charge in [-0.3, -0.25) is 0 Å². The van der Waals surface area contributed by atoms with Crippen molar-refractivity contribution in [1.29, 1.82) is 5.26 Å². The van der Waals surface area contributed by atoms with Gasteiger partial charge in [0, 0.05) is 24.0 Å². The van der Waals surface area contributed by atoms with E-state index in [0.29, 0.717) is 18.6 Å². The average Bonchev–Trinajstić information content (AvgIpc) is 3.07. The number of hydrogen-bond donors (Lipinski definition) is 0. The van der Waals surface area contributed by atoms with Crippen LogP contribution in [-0.4, -0.2) is 29.2 Å². The van der Waals surface area contributed by atoms with Crippen molar-refractivity contribution < 1.29 is 4.74 Å². The molecule has 1 fully saturated rings. The minimum absolute atomic E-state index is 0.0396. The third kappa shape index (κ3) is 3.88. The molecule has 5 rings (SSSR count). The number of rotatable bonds is 5. The molecular formula is C28H35N3O. The Bertz CT molecular complexity index is 1070. The van der Waals surface area contributed by atoms with Gasteiger partial charge >= 0.3 is 0 Å². The summed E-state index contributed by atoms with van der Waals surface area (Å²) in [5.74, 6) is 1.37. The summed E-state index contributed by atoms with van der Waals surface area (Å²) in [5.41, 5.74) is 5.32. The van der Waals surface area contributed by atoms with E-state index in [4.69, 9.17) is 4.74 Å². The van der Waals surface area contributed by atoms with Gasteiger partial charge in [0.05, 0.1) is 24.4 Å². The van der Waals surface area contributed by atoms with Crippen LogP contribution in [0.25, 0.3) is 10.9 Å². The Hall–Kier alpha value is -2.51. The third-order valence-electron chi connectivity index (χ3n) is 8.01. The van der Waals surface area contributed by atoms with Crippen LogP contribution in [0.2, 0.25) is 0 Å². The fraction of sp³-hybridized carbons (Fsp3) is 0.536. The molecule has 1 aromatic heterocycles. The molecule has 2 heterocycles. The fourth-order valence-corrected chi connectivity index (χ4v) is 6.15. The molecule has 4 atom stereocenters. The average molecular weight is 430 g/mol. The van der Waals surface area contributed by atoms with Gasteiger partial charge in [-0.15, -0.1) is 0 Å². The van der Waals surface area contributed by atoms with E-state index in [0.717, 1.165) is 31.8 Å². The number of fused-ring (bicyclic) bond motifs is 5. The summed E-state index contributed by atoms with van der Waals surface area (Å²) in [6.45, 7) is 6.92. The van der Waals surface area contributed by atoms with Crippen molar-refractivity contribution in [3.63, 3.8) is 0 Å². The van der Waals surface area contributed by atoms with Crippen LogP contribution >= 0.6 is 0 Å². The van der Waals surface area contributed by atoms with Crippen molar-refractivity contribution in [2.24, 2.45) is 11.8 Å². The molecule has 3 aliphatic rings. The first-order chi connectivity index (χ1) is 15.7. The highest BCUT2D eigenvalue weighted by Gasteiger charge is 2.32. The smallest absolute Gasteiger partial charge is 0.179 e. The minimum atomic E-state index is 0.0396. The fourth-order valence-electron chi connectivity index (χ4n) is 6.15. The van der Waals surface area contributed by atoms with Crippen LogP contribution < -0.4 is 0 Å². The highest BCUT2D eigenvalue weighted by molar-refractivity contribution is 5.86. The van der Waals surface area contributed by atoms with Crippen LogP contribution in [0.3, 0.4) is 0 Å². The maximum absolute atomic E-state index is 9.91. The molecule has 4 unspecified atom stereocenters. The summed E-state index contributed by atoms with van der Waals surface area (Å²) in [6.07, 6.45) is 16.3. The monoisotopic (exact) mass is 429 g/mol. The Labute approximate surface area is 192 Å². The van der Waals surface area contributed by atoms with E-state index in [1.54, 1.807) is 0 Å². The topological polar surface area (TPSA) is 41.2 Å². The van der Waals surface area contributed by atoms with Gasteiger partial charge in [-0.05, 0) is 55.2 Å². The predicted molar refractivity (Wildman–Crippen MR) is 129 cm³/mol. The Morgan fingerprint density at radius 2 is 2.03 bits per heavy atom. The lowest BCUT2D eigenvalue weighted by molar-refractivity contribution is 0.0840. The van der Waals surface area contributed by atoms with E-state index in [1.165, 1.54) is 53.4 Å². The van der Waals surface area contributed by atoms with E-state index in [2.05, 4.69) is 67.1 Å². The van der Waals surface area contributed by atoms with Crippen molar-refractivity contribution in [3.05, 3.63) is 59.3 Å². The van der Waals surface area contributed by atoms with Crippen molar-refractivity contribution in [3.8, 4) is 6.19 Å². The molecule has 2 aliphatic carbocycles. The normalized spacial score (nSPS) is 27.2. The van der Waals surface area contributed by atoms with Gasteiger partial charge in [0.2, 0.25) is 0 Å². The lowest BCUT2D eigenvalue weighted by Crippen LogP contribution is -2.32. The molecular weight excluding hydrogens is 394 g/mol. The molecule has 0 spiro atoms. The predicted octanol–water partition coefficient (Wildman–Crippen LogP) is 6.31. The first-order valence-electron chi connectivity index (χ1n) is 12.4. The minimum Gasteiger partial charge on any atom is -0.368 e. The molecule has 4 heteroatoms. The summed E-state index contributed by atoms with van der Waals surface area (Å²) in [7, 11) is 0. The van der Waals surface area contributed by atoms with Gasteiger partial charge in [-0.2, -0.15) is 5.26 Å². The quantitative estimate of drug-likeness (QED) is 0.413. The van der Waals surface area contributed by atoms with Gasteiger partial charge in [0.25, 0.3) is 0 Å². The summed E-state index contributed by atoms with van der Waals surface area (Å²) in [6, 6.07) is 9.11. The van der Waals surface area contributed by atoms with Crippen molar-refractivity contribution in [1.82, 2.24) is 9.47 Å². The molecule has 0 bridgehead atoms. The molecule has 0 N–H and O–H groups in total. The van der Waals surface area contributed by atoms with E-state index in [-0.39, 0.29) is 6.10 Å². The van der Waals surface area contributed by atoms with E-state index >= 15 is 0 Å².